The third kappa shape index (κ3) is 1.70. The van der Waals surface area contributed by atoms with Crippen molar-refractivity contribution in [3.8, 4) is 0 Å². The minimum atomic E-state index is -0.458. The molecule has 3 heterocycles. The molecular formula is C11H16N4O3. The largest absolute Gasteiger partial charge is 0.434 e. The standard InChI is InChI=1S/C11H16N4O3/c1-7(16)10-9-3-2-8(14(9)10)6-13-5-4-12-11(13)15(17)18/h4-5,7-10,16H,2-3,6H2,1H3. The molecule has 5 unspecified atom stereocenters. The summed E-state index contributed by atoms with van der Waals surface area (Å²) in [7, 11) is 0. The second-order valence-electron chi connectivity index (χ2n) is 5.11. The number of nitrogens with zero attached hydrogens (tertiary/aromatic N) is 4. The van der Waals surface area contributed by atoms with Gasteiger partial charge in [0.2, 0.25) is 0 Å². The van der Waals surface area contributed by atoms with Gasteiger partial charge in [-0.05, 0) is 24.7 Å². The number of aliphatic hydroxyl groups excluding tert-OH is 1. The summed E-state index contributed by atoms with van der Waals surface area (Å²) in [6.45, 7) is 2.38. The number of hydrogen-bond acceptors (Lipinski definition) is 5. The van der Waals surface area contributed by atoms with E-state index in [2.05, 4.69) is 9.88 Å². The van der Waals surface area contributed by atoms with Crippen LogP contribution in [0, 0.1) is 10.1 Å². The molecule has 2 saturated heterocycles. The maximum atomic E-state index is 10.8. The molecule has 2 fully saturated rings. The van der Waals surface area contributed by atoms with E-state index in [1.807, 2.05) is 0 Å². The zero-order valence-corrected chi connectivity index (χ0v) is 10.1. The molecule has 0 radical (unpaired) electrons. The fourth-order valence-electron chi connectivity index (χ4n) is 3.27. The van der Waals surface area contributed by atoms with Crippen LogP contribution in [0.15, 0.2) is 12.4 Å². The van der Waals surface area contributed by atoms with Crippen molar-refractivity contribution < 1.29 is 10.0 Å². The Bertz CT molecular complexity index is 473. The van der Waals surface area contributed by atoms with Crippen LogP contribution in [-0.2, 0) is 6.54 Å². The molecule has 0 bridgehead atoms. The molecule has 7 nitrogen and oxygen atoms in total. The van der Waals surface area contributed by atoms with Crippen molar-refractivity contribution in [2.24, 2.45) is 0 Å². The van der Waals surface area contributed by atoms with Gasteiger partial charge in [-0.25, -0.2) is 4.57 Å². The summed E-state index contributed by atoms with van der Waals surface area (Å²) in [6.07, 6.45) is 4.88. The third-order valence-electron chi connectivity index (χ3n) is 4.01. The number of imidazole rings is 1. The van der Waals surface area contributed by atoms with Gasteiger partial charge in [-0.3, -0.25) is 4.90 Å². The average molecular weight is 252 g/mol. The highest BCUT2D eigenvalue weighted by Gasteiger charge is 2.57. The molecule has 2 aliphatic rings. The van der Waals surface area contributed by atoms with Crippen molar-refractivity contribution in [1.82, 2.24) is 14.5 Å². The van der Waals surface area contributed by atoms with Gasteiger partial charge in [0.15, 0.2) is 0 Å². The lowest BCUT2D eigenvalue weighted by molar-refractivity contribution is -0.396. The molecule has 18 heavy (non-hydrogen) atoms. The van der Waals surface area contributed by atoms with E-state index in [9.17, 15) is 15.2 Å². The molecule has 0 aliphatic carbocycles. The third-order valence-corrected chi connectivity index (χ3v) is 4.01. The van der Waals surface area contributed by atoms with E-state index in [1.54, 1.807) is 17.7 Å². The SMILES string of the molecule is CC(O)C1C2CCC(Cn3ccnc3[N+](=O)[O-])N21. The zero-order chi connectivity index (χ0) is 12.9. The summed E-state index contributed by atoms with van der Waals surface area (Å²) in [5.74, 6) is -0.103. The zero-order valence-electron chi connectivity index (χ0n) is 10.1. The second-order valence-corrected chi connectivity index (χ2v) is 5.11. The van der Waals surface area contributed by atoms with Gasteiger partial charge in [-0.1, -0.05) is 4.98 Å². The number of piperidine rings is 1. The summed E-state index contributed by atoms with van der Waals surface area (Å²) in [4.78, 5) is 16.4. The molecule has 3 rings (SSSR count). The Balaban J connectivity index is 1.71. The summed E-state index contributed by atoms with van der Waals surface area (Å²) in [6, 6.07) is 0.992. The lowest BCUT2D eigenvalue weighted by atomic mass is 10.1. The molecule has 0 amide bonds. The van der Waals surface area contributed by atoms with Crippen LogP contribution in [0.1, 0.15) is 19.8 Å². The maximum absolute atomic E-state index is 10.8. The first-order valence-corrected chi connectivity index (χ1v) is 6.20. The molecule has 7 heteroatoms. The van der Waals surface area contributed by atoms with Gasteiger partial charge in [0.1, 0.15) is 12.4 Å². The van der Waals surface area contributed by atoms with Gasteiger partial charge in [-0.2, -0.15) is 0 Å². The van der Waals surface area contributed by atoms with E-state index >= 15 is 0 Å². The maximum Gasteiger partial charge on any atom is 0.434 e. The molecule has 2 aliphatic heterocycles. The van der Waals surface area contributed by atoms with E-state index in [-0.39, 0.29) is 24.1 Å². The Hall–Kier alpha value is -1.47. The van der Waals surface area contributed by atoms with E-state index in [0.717, 1.165) is 12.8 Å². The number of aromatic nitrogens is 2. The molecule has 1 N–H and O–H groups in total. The predicted octanol–water partition coefficient (Wildman–Crippen LogP) is 0.387. The van der Waals surface area contributed by atoms with Gasteiger partial charge < -0.3 is 15.2 Å². The van der Waals surface area contributed by atoms with Crippen LogP contribution in [0.2, 0.25) is 0 Å². The van der Waals surface area contributed by atoms with Gasteiger partial charge in [0.25, 0.3) is 0 Å². The molecule has 0 aromatic carbocycles. The molecule has 98 valence electrons. The summed E-state index contributed by atoms with van der Waals surface area (Å²) in [5.41, 5.74) is 0. The van der Waals surface area contributed by atoms with Gasteiger partial charge in [0.05, 0.1) is 18.7 Å². The average Bonchev–Trinajstić information content (AvgIpc) is 2.67. The number of nitro groups is 1. The number of hydrogen-bond donors (Lipinski definition) is 1. The topological polar surface area (TPSA) is 84.2 Å². The van der Waals surface area contributed by atoms with Crippen LogP contribution in [-0.4, -0.2) is 48.7 Å². The normalized spacial score (nSPS) is 35.2. The van der Waals surface area contributed by atoms with E-state index in [0.29, 0.717) is 12.6 Å². The van der Waals surface area contributed by atoms with Crippen LogP contribution in [0.5, 0.6) is 0 Å². The quantitative estimate of drug-likeness (QED) is 0.476. The first-order chi connectivity index (χ1) is 8.59. The monoisotopic (exact) mass is 252 g/mol. The summed E-state index contributed by atoms with van der Waals surface area (Å²) >= 11 is 0. The first-order valence-electron chi connectivity index (χ1n) is 6.20. The fourth-order valence-corrected chi connectivity index (χ4v) is 3.27. The predicted molar refractivity (Wildman–Crippen MR) is 63.0 cm³/mol. The van der Waals surface area contributed by atoms with E-state index in [1.165, 1.54) is 6.20 Å². The minimum absolute atomic E-state index is 0.103. The molecule has 0 saturated carbocycles. The van der Waals surface area contributed by atoms with Crippen molar-refractivity contribution in [3.63, 3.8) is 0 Å². The second kappa shape index (κ2) is 4.03. The van der Waals surface area contributed by atoms with Gasteiger partial charge >= 0.3 is 5.95 Å². The Kier molecular flexibility index (Phi) is 2.60. The molecule has 5 atom stereocenters. The smallest absolute Gasteiger partial charge is 0.392 e. The molecule has 1 aromatic heterocycles. The molecule has 1 aromatic rings. The summed E-state index contributed by atoms with van der Waals surface area (Å²) in [5, 5.41) is 20.4. The van der Waals surface area contributed by atoms with Gasteiger partial charge in [-0.15, -0.1) is 0 Å². The Morgan fingerprint density at radius 2 is 2.44 bits per heavy atom. The highest BCUT2D eigenvalue weighted by atomic mass is 16.6. The summed E-state index contributed by atoms with van der Waals surface area (Å²) < 4.78 is 1.59. The first kappa shape index (κ1) is 11.6. The lowest BCUT2D eigenvalue weighted by Gasteiger charge is -2.16. The van der Waals surface area contributed by atoms with Crippen LogP contribution < -0.4 is 0 Å². The molecule has 0 spiro atoms. The Morgan fingerprint density at radius 1 is 1.67 bits per heavy atom. The lowest BCUT2D eigenvalue weighted by Crippen LogP contribution is -2.28. The minimum Gasteiger partial charge on any atom is -0.392 e. The Morgan fingerprint density at radius 3 is 3.06 bits per heavy atom. The molecular weight excluding hydrogens is 236 g/mol. The number of fused-ring (bicyclic) bond motifs is 1. The van der Waals surface area contributed by atoms with Crippen LogP contribution in [0.3, 0.4) is 0 Å². The van der Waals surface area contributed by atoms with Crippen LogP contribution in [0.25, 0.3) is 0 Å². The number of rotatable bonds is 4. The highest BCUT2D eigenvalue weighted by molar-refractivity contribution is 5.14. The van der Waals surface area contributed by atoms with E-state index < -0.39 is 4.92 Å². The number of aliphatic hydroxyl groups is 1. The highest BCUT2D eigenvalue weighted by Crippen LogP contribution is 2.45. The van der Waals surface area contributed by atoms with Crippen molar-refractivity contribution in [1.29, 1.82) is 0 Å². The van der Waals surface area contributed by atoms with Crippen LogP contribution >= 0.6 is 0 Å². The van der Waals surface area contributed by atoms with Crippen molar-refractivity contribution in [3.05, 3.63) is 22.5 Å². The van der Waals surface area contributed by atoms with Crippen molar-refractivity contribution >= 4 is 5.95 Å². The van der Waals surface area contributed by atoms with Crippen LogP contribution in [0.4, 0.5) is 5.95 Å². The van der Waals surface area contributed by atoms with Gasteiger partial charge in [0, 0.05) is 12.1 Å². The van der Waals surface area contributed by atoms with Crippen molar-refractivity contribution in [2.45, 2.75) is 50.5 Å². The van der Waals surface area contributed by atoms with E-state index in [4.69, 9.17) is 0 Å². The fraction of sp³-hybridized carbons (Fsp3) is 0.727. The van der Waals surface area contributed by atoms with Crippen molar-refractivity contribution in [2.75, 3.05) is 0 Å². The Labute approximate surface area is 104 Å².